The molecule has 18 heavy (non-hydrogen) atoms. The van der Waals surface area contributed by atoms with Crippen LogP contribution >= 0.6 is 0 Å². The number of hydrogen-bond donors (Lipinski definition) is 1. The molecule has 1 aliphatic carbocycles. The van der Waals surface area contributed by atoms with E-state index in [0.29, 0.717) is 11.9 Å². The van der Waals surface area contributed by atoms with Crippen LogP contribution < -0.4 is 5.73 Å². The lowest BCUT2D eigenvalue weighted by Crippen LogP contribution is -2.25. The predicted molar refractivity (Wildman–Crippen MR) is 67.4 cm³/mol. The number of rotatable bonds is 5. The van der Waals surface area contributed by atoms with Gasteiger partial charge in [-0.05, 0) is 25.0 Å². The molecule has 94 valence electrons. The first-order valence-electron chi connectivity index (χ1n) is 6.14. The summed E-state index contributed by atoms with van der Waals surface area (Å²) in [6, 6.07) is 4.57. The second kappa shape index (κ2) is 4.78. The van der Waals surface area contributed by atoms with Gasteiger partial charge in [0.25, 0.3) is 0 Å². The Morgan fingerprint density at radius 1 is 1.28 bits per heavy atom. The van der Waals surface area contributed by atoms with E-state index in [2.05, 4.69) is 14.9 Å². The van der Waals surface area contributed by atoms with Gasteiger partial charge in [0.15, 0.2) is 0 Å². The van der Waals surface area contributed by atoms with E-state index in [1.807, 2.05) is 12.1 Å². The lowest BCUT2D eigenvalue weighted by Gasteiger charge is -2.20. The van der Waals surface area contributed by atoms with Crippen LogP contribution in [0.15, 0.2) is 35.2 Å². The average Bonchev–Trinajstić information content (AvgIpc) is 3.10. The zero-order chi connectivity index (χ0) is 12.4. The van der Waals surface area contributed by atoms with E-state index in [1.165, 1.54) is 12.8 Å². The number of hydrogen-bond acceptors (Lipinski definition) is 5. The van der Waals surface area contributed by atoms with E-state index in [1.54, 1.807) is 18.7 Å². The quantitative estimate of drug-likeness (QED) is 0.868. The van der Waals surface area contributed by atoms with Crippen molar-refractivity contribution >= 4 is 5.82 Å². The van der Waals surface area contributed by atoms with Crippen LogP contribution in [0.3, 0.4) is 0 Å². The largest absolute Gasteiger partial charge is 0.468 e. The molecule has 0 aliphatic heterocycles. The van der Waals surface area contributed by atoms with Crippen molar-refractivity contribution in [2.75, 3.05) is 5.73 Å². The Labute approximate surface area is 106 Å². The van der Waals surface area contributed by atoms with E-state index in [-0.39, 0.29) is 0 Å². The minimum atomic E-state index is 0.461. The molecule has 5 nitrogen and oxygen atoms in total. The van der Waals surface area contributed by atoms with Crippen molar-refractivity contribution in [2.24, 2.45) is 0 Å². The molecule has 3 rings (SSSR count). The smallest absolute Gasteiger partial charge is 0.141 e. The molecule has 1 saturated carbocycles. The highest BCUT2D eigenvalue weighted by Crippen LogP contribution is 2.29. The Bertz CT molecular complexity index is 490. The van der Waals surface area contributed by atoms with Crippen LogP contribution in [0.2, 0.25) is 0 Å². The minimum absolute atomic E-state index is 0.461. The molecule has 0 radical (unpaired) electrons. The Morgan fingerprint density at radius 2 is 2.17 bits per heavy atom. The molecule has 0 spiro atoms. The third-order valence-corrected chi connectivity index (χ3v) is 3.09. The van der Waals surface area contributed by atoms with E-state index in [9.17, 15) is 0 Å². The maximum atomic E-state index is 5.54. The summed E-state index contributed by atoms with van der Waals surface area (Å²) in [5.74, 6) is 1.45. The summed E-state index contributed by atoms with van der Waals surface area (Å²) >= 11 is 0. The van der Waals surface area contributed by atoms with Crippen molar-refractivity contribution in [1.82, 2.24) is 14.9 Å². The summed E-state index contributed by atoms with van der Waals surface area (Å²) < 4.78 is 5.40. The summed E-state index contributed by atoms with van der Waals surface area (Å²) in [5.41, 5.74) is 6.48. The first kappa shape index (κ1) is 11.2. The van der Waals surface area contributed by atoms with Crippen molar-refractivity contribution in [3.05, 3.63) is 42.2 Å². The topological polar surface area (TPSA) is 68.2 Å². The molecule has 2 N–H and O–H groups in total. The summed E-state index contributed by atoms with van der Waals surface area (Å²) in [7, 11) is 0. The molecule has 2 heterocycles. The van der Waals surface area contributed by atoms with E-state index in [4.69, 9.17) is 10.2 Å². The Kier molecular flexibility index (Phi) is 2.98. The van der Waals surface area contributed by atoms with E-state index in [0.717, 1.165) is 24.5 Å². The van der Waals surface area contributed by atoms with Gasteiger partial charge in [0.1, 0.15) is 11.6 Å². The molecule has 0 bridgehead atoms. The molecule has 2 aromatic heterocycles. The number of aromatic nitrogens is 2. The third kappa shape index (κ3) is 2.68. The second-order valence-corrected chi connectivity index (χ2v) is 4.65. The molecule has 1 aliphatic rings. The fraction of sp³-hybridized carbons (Fsp3) is 0.385. The van der Waals surface area contributed by atoms with Gasteiger partial charge in [0, 0.05) is 12.6 Å². The summed E-state index contributed by atoms with van der Waals surface area (Å²) in [5, 5.41) is 0. The standard InChI is InChI=1S/C13H16N4O/c14-13-7-15-10(6-16-13)8-17(11-3-4-11)9-12-2-1-5-18-12/h1-2,5-7,11H,3-4,8-9H2,(H2,14,16). The molecule has 0 atom stereocenters. The number of nitrogen functional groups attached to an aromatic ring is 1. The normalized spacial score (nSPS) is 15.2. The van der Waals surface area contributed by atoms with Crippen LogP contribution in [0, 0.1) is 0 Å². The van der Waals surface area contributed by atoms with Gasteiger partial charge in [-0.2, -0.15) is 0 Å². The maximum absolute atomic E-state index is 5.54. The van der Waals surface area contributed by atoms with Crippen molar-refractivity contribution in [1.29, 1.82) is 0 Å². The first-order valence-corrected chi connectivity index (χ1v) is 6.14. The highest BCUT2D eigenvalue weighted by molar-refractivity contribution is 5.22. The minimum Gasteiger partial charge on any atom is -0.468 e. The van der Waals surface area contributed by atoms with Crippen LogP contribution in [0.5, 0.6) is 0 Å². The lowest BCUT2D eigenvalue weighted by molar-refractivity contribution is 0.222. The molecule has 1 fully saturated rings. The van der Waals surface area contributed by atoms with Gasteiger partial charge in [-0.1, -0.05) is 0 Å². The SMILES string of the molecule is Nc1cnc(CN(Cc2ccco2)C2CC2)cn1. The van der Waals surface area contributed by atoms with E-state index < -0.39 is 0 Å². The van der Waals surface area contributed by atoms with Gasteiger partial charge < -0.3 is 10.2 Å². The number of nitrogens with two attached hydrogens (primary N) is 1. The van der Waals surface area contributed by atoms with Gasteiger partial charge in [-0.15, -0.1) is 0 Å². The predicted octanol–water partition coefficient (Wildman–Crippen LogP) is 1.82. The molecule has 2 aromatic rings. The lowest BCUT2D eigenvalue weighted by atomic mass is 10.3. The van der Waals surface area contributed by atoms with Crippen LogP contribution in [-0.4, -0.2) is 20.9 Å². The zero-order valence-electron chi connectivity index (χ0n) is 10.1. The molecule has 0 amide bonds. The molecule has 5 heteroatoms. The van der Waals surface area contributed by atoms with Crippen LogP contribution in [0.1, 0.15) is 24.3 Å². The van der Waals surface area contributed by atoms with Gasteiger partial charge in [0.05, 0.1) is 30.9 Å². The van der Waals surface area contributed by atoms with Crippen molar-refractivity contribution in [3.8, 4) is 0 Å². The van der Waals surface area contributed by atoms with Crippen LogP contribution in [-0.2, 0) is 13.1 Å². The van der Waals surface area contributed by atoms with Crippen molar-refractivity contribution in [2.45, 2.75) is 32.0 Å². The Balaban J connectivity index is 1.68. The Hall–Kier alpha value is -1.88. The molecular weight excluding hydrogens is 228 g/mol. The monoisotopic (exact) mass is 244 g/mol. The zero-order valence-corrected chi connectivity index (χ0v) is 10.1. The van der Waals surface area contributed by atoms with Crippen LogP contribution in [0.4, 0.5) is 5.82 Å². The maximum Gasteiger partial charge on any atom is 0.141 e. The fourth-order valence-electron chi connectivity index (χ4n) is 2.01. The van der Waals surface area contributed by atoms with Crippen molar-refractivity contribution < 1.29 is 4.42 Å². The number of nitrogens with zero attached hydrogens (tertiary/aromatic N) is 3. The Morgan fingerprint density at radius 3 is 2.78 bits per heavy atom. The number of anilines is 1. The van der Waals surface area contributed by atoms with Gasteiger partial charge in [-0.25, -0.2) is 4.98 Å². The first-order chi connectivity index (χ1) is 8.81. The second-order valence-electron chi connectivity index (χ2n) is 4.65. The highest BCUT2D eigenvalue weighted by Gasteiger charge is 2.29. The van der Waals surface area contributed by atoms with Gasteiger partial charge in [0.2, 0.25) is 0 Å². The van der Waals surface area contributed by atoms with E-state index >= 15 is 0 Å². The molecule has 0 aromatic carbocycles. The molecule has 0 unspecified atom stereocenters. The third-order valence-electron chi connectivity index (χ3n) is 3.09. The molecular formula is C13H16N4O. The van der Waals surface area contributed by atoms with Crippen molar-refractivity contribution in [3.63, 3.8) is 0 Å². The summed E-state index contributed by atoms with van der Waals surface area (Å²) in [4.78, 5) is 10.7. The summed E-state index contributed by atoms with van der Waals surface area (Å²) in [6.45, 7) is 1.61. The van der Waals surface area contributed by atoms with Gasteiger partial charge >= 0.3 is 0 Å². The van der Waals surface area contributed by atoms with Gasteiger partial charge in [-0.3, -0.25) is 9.88 Å². The fourth-order valence-corrected chi connectivity index (χ4v) is 2.01. The highest BCUT2D eigenvalue weighted by atomic mass is 16.3. The summed E-state index contributed by atoms with van der Waals surface area (Å²) in [6.07, 6.45) is 7.57. The van der Waals surface area contributed by atoms with Crippen LogP contribution in [0.25, 0.3) is 0 Å². The molecule has 0 saturated heterocycles. The average molecular weight is 244 g/mol. The number of furan rings is 1.